The monoisotopic (exact) mass is 428 g/mol. The van der Waals surface area contributed by atoms with Crippen LogP contribution in [-0.2, 0) is 10.0 Å². The van der Waals surface area contributed by atoms with Gasteiger partial charge in [-0.05, 0) is 68.4 Å². The second-order valence-electron chi connectivity index (χ2n) is 8.65. The van der Waals surface area contributed by atoms with Crippen LogP contribution in [0, 0.1) is 26.7 Å². The number of nitrogens with one attached hydrogen (secondary N) is 1. The number of rotatable bonds is 5. The summed E-state index contributed by atoms with van der Waals surface area (Å²) in [6.07, 6.45) is 1.52. The first kappa shape index (κ1) is 22.3. The minimum Gasteiger partial charge on any atom is -0.345 e. The minimum absolute atomic E-state index is 0.124. The first-order valence-electron chi connectivity index (χ1n) is 10.6. The molecule has 0 bridgehead atoms. The van der Waals surface area contributed by atoms with Crippen LogP contribution in [0.3, 0.4) is 0 Å². The summed E-state index contributed by atoms with van der Waals surface area (Å²) in [4.78, 5) is 13.1. The molecule has 1 saturated heterocycles. The lowest BCUT2D eigenvalue weighted by Gasteiger charge is -2.30. The number of hydrogen-bond donors (Lipinski definition) is 1. The van der Waals surface area contributed by atoms with Gasteiger partial charge in [-0.15, -0.1) is 0 Å². The summed E-state index contributed by atoms with van der Waals surface area (Å²) < 4.78 is 26.6. The molecule has 0 spiro atoms. The highest BCUT2D eigenvalue weighted by Crippen LogP contribution is 2.29. The number of benzene rings is 2. The predicted molar refractivity (Wildman–Crippen MR) is 123 cm³/mol. The molecule has 1 fully saturated rings. The standard InChI is InChI=1S/C24H32N2O3S/c1-16(2)23(21-11-8-17(3)14-19(21)5)25-24(27)20-10-9-18(4)22(15-20)26-12-6-7-13-30(26,28)29/h8-11,14-16,23H,6-7,12-13H2,1-5H3,(H,25,27)/t23-/m1/s1. The molecule has 0 aromatic heterocycles. The van der Waals surface area contributed by atoms with Crippen molar-refractivity contribution in [3.63, 3.8) is 0 Å². The van der Waals surface area contributed by atoms with Crippen molar-refractivity contribution in [3.8, 4) is 0 Å². The molecule has 0 aliphatic carbocycles. The minimum atomic E-state index is -3.33. The molecule has 0 unspecified atom stereocenters. The number of sulfonamides is 1. The normalized spacial score (nSPS) is 17.1. The third kappa shape index (κ3) is 4.69. The second kappa shape index (κ2) is 8.80. The van der Waals surface area contributed by atoms with Gasteiger partial charge < -0.3 is 5.32 Å². The number of anilines is 1. The van der Waals surface area contributed by atoms with Crippen molar-refractivity contribution in [1.29, 1.82) is 0 Å². The SMILES string of the molecule is Cc1ccc([C@H](NC(=O)c2ccc(C)c(N3CCCCS3(=O)=O)c2)C(C)C)c(C)c1. The highest BCUT2D eigenvalue weighted by atomic mass is 32.2. The van der Waals surface area contributed by atoms with E-state index < -0.39 is 10.0 Å². The van der Waals surface area contributed by atoms with E-state index in [1.807, 2.05) is 13.0 Å². The lowest BCUT2D eigenvalue weighted by atomic mass is 9.91. The topological polar surface area (TPSA) is 66.5 Å². The summed E-state index contributed by atoms with van der Waals surface area (Å²) in [6.45, 7) is 10.6. The number of amides is 1. The molecule has 1 heterocycles. The highest BCUT2D eigenvalue weighted by molar-refractivity contribution is 7.92. The predicted octanol–water partition coefficient (Wildman–Crippen LogP) is 4.67. The maximum Gasteiger partial charge on any atom is 0.251 e. The van der Waals surface area contributed by atoms with Crippen LogP contribution in [0.15, 0.2) is 36.4 Å². The smallest absolute Gasteiger partial charge is 0.251 e. The largest absolute Gasteiger partial charge is 0.345 e. The van der Waals surface area contributed by atoms with E-state index >= 15 is 0 Å². The Kier molecular flexibility index (Phi) is 6.56. The van der Waals surface area contributed by atoms with Gasteiger partial charge in [-0.25, -0.2) is 8.42 Å². The molecule has 0 radical (unpaired) electrons. The van der Waals surface area contributed by atoms with Crippen molar-refractivity contribution in [2.24, 2.45) is 5.92 Å². The first-order valence-corrected chi connectivity index (χ1v) is 12.2. The number of aryl methyl sites for hydroxylation is 3. The third-order valence-corrected chi connectivity index (χ3v) is 7.66. The van der Waals surface area contributed by atoms with Crippen molar-refractivity contribution < 1.29 is 13.2 Å². The zero-order chi connectivity index (χ0) is 22.1. The van der Waals surface area contributed by atoms with E-state index in [0.717, 1.165) is 23.1 Å². The average Bonchev–Trinajstić information content (AvgIpc) is 2.67. The van der Waals surface area contributed by atoms with E-state index in [1.165, 1.54) is 9.87 Å². The summed E-state index contributed by atoms with van der Waals surface area (Å²) in [6, 6.07) is 11.5. The van der Waals surface area contributed by atoms with Gasteiger partial charge in [0.05, 0.1) is 17.5 Å². The molecule has 30 heavy (non-hydrogen) atoms. The lowest BCUT2D eigenvalue weighted by Crippen LogP contribution is -2.38. The van der Waals surface area contributed by atoms with Gasteiger partial charge in [-0.3, -0.25) is 9.10 Å². The number of carbonyl (C=O) groups is 1. The second-order valence-corrected chi connectivity index (χ2v) is 10.7. The molecule has 1 amide bonds. The van der Waals surface area contributed by atoms with E-state index in [4.69, 9.17) is 0 Å². The molecular formula is C24H32N2O3S. The Labute approximate surface area is 180 Å². The van der Waals surface area contributed by atoms with Crippen molar-refractivity contribution in [3.05, 3.63) is 64.2 Å². The Morgan fingerprint density at radius 2 is 1.73 bits per heavy atom. The van der Waals surface area contributed by atoms with Crippen molar-refractivity contribution in [1.82, 2.24) is 5.32 Å². The molecule has 2 aromatic carbocycles. The van der Waals surface area contributed by atoms with E-state index in [0.29, 0.717) is 24.2 Å². The Hall–Kier alpha value is -2.34. The Morgan fingerprint density at radius 3 is 2.37 bits per heavy atom. The van der Waals surface area contributed by atoms with Crippen LogP contribution >= 0.6 is 0 Å². The van der Waals surface area contributed by atoms with Gasteiger partial charge in [0, 0.05) is 12.1 Å². The third-order valence-electron chi connectivity index (χ3n) is 5.80. The maximum absolute atomic E-state index is 13.1. The Morgan fingerprint density at radius 1 is 1.00 bits per heavy atom. The average molecular weight is 429 g/mol. The zero-order valence-electron chi connectivity index (χ0n) is 18.5. The van der Waals surface area contributed by atoms with Crippen molar-refractivity contribution in [2.45, 2.75) is 53.5 Å². The first-order chi connectivity index (χ1) is 14.1. The van der Waals surface area contributed by atoms with Crippen LogP contribution in [0.25, 0.3) is 0 Å². The van der Waals surface area contributed by atoms with Crippen LogP contribution < -0.4 is 9.62 Å². The fourth-order valence-corrected chi connectivity index (χ4v) is 5.77. The number of carbonyl (C=O) groups excluding carboxylic acids is 1. The van der Waals surface area contributed by atoms with Crippen molar-refractivity contribution in [2.75, 3.05) is 16.6 Å². The zero-order valence-corrected chi connectivity index (χ0v) is 19.3. The van der Waals surface area contributed by atoms with Gasteiger partial charge in [-0.1, -0.05) is 43.7 Å². The van der Waals surface area contributed by atoms with Gasteiger partial charge in [0.15, 0.2) is 0 Å². The van der Waals surface area contributed by atoms with Crippen LogP contribution in [-0.4, -0.2) is 26.6 Å². The molecular weight excluding hydrogens is 396 g/mol. The number of nitrogens with zero attached hydrogens (tertiary/aromatic N) is 1. The molecule has 0 saturated carbocycles. The van der Waals surface area contributed by atoms with Crippen molar-refractivity contribution >= 4 is 21.6 Å². The van der Waals surface area contributed by atoms with E-state index in [1.54, 1.807) is 12.1 Å². The van der Waals surface area contributed by atoms with Gasteiger partial charge in [-0.2, -0.15) is 0 Å². The quantitative estimate of drug-likeness (QED) is 0.753. The summed E-state index contributed by atoms with van der Waals surface area (Å²) >= 11 is 0. The lowest BCUT2D eigenvalue weighted by molar-refractivity contribution is 0.0925. The molecule has 3 rings (SSSR count). The molecule has 2 aromatic rings. The molecule has 1 aliphatic heterocycles. The van der Waals surface area contributed by atoms with E-state index in [2.05, 4.69) is 51.2 Å². The van der Waals surface area contributed by atoms with Crippen LogP contribution in [0.1, 0.15) is 65.3 Å². The summed E-state index contributed by atoms with van der Waals surface area (Å²) in [5.41, 5.74) is 5.39. The fraction of sp³-hybridized carbons (Fsp3) is 0.458. The summed E-state index contributed by atoms with van der Waals surface area (Å²) in [5, 5.41) is 3.17. The van der Waals surface area contributed by atoms with Crippen LogP contribution in [0.4, 0.5) is 5.69 Å². The molecule has 1 atom stereocenters. The van der Waals surface area contributed by atoms with Gasteiger partial charge in [0.1, 0.15) is 0 Å². The van der Waals surface area contributed by atoms with Gasteiger partial charge in [0.2, 0.25) is 10.0 Å². The summed E-state index contributed by atoms with van der Waals surface area (Å²) in [7, 11) is -3.33. The summed E-state index contributed by atoms with van der Waals surface area (Å²) in [5.74, 6) is 0.178. The Balaban J connectivity index is 1.91. The van der Waals surface area contributed by atoms with Gasteiger partial charge >= 0.3 is 0 Å². The molecule has 1 aliphatic rings. The van der Waals surface area contributed by atoms with E-state index in [-0.39, 0.29) is 23.6 Å². The number of hydrogen-bond acceptors (Lipinski definition) is 3. The van der Waals surface area contributed by atoms with Crippen LogP contribution in [0.2, 0.25) is 0 Å². The fourth-order valence-electron chi connectivity index (χ4n) is 4.08. The van der Waals surface area contributed by atoms with Crippen LogP contribution in [0.5, 0.6) is 0 Å². The molecule has 162 valence electrons. The van der Waals surface area contributed by atoms with E-state index in [9.17, 15) is 13.2 Å². The molecule has 1 N–H and O–H groups in total. The molecule has 5 nitrogen and oxygen atoms in total. The molecule has 6 heteroatoms. The Bertz CT molecular complexity index is 1040. The highest BCUT2D eigenvalue weighted by Gasteiger charge is 2.28. The maximum atomic E-state index is 13.1. The van der Waals surface area contributed by atoms with Gasteiger partial charge in [0.25, 0.3) is 5.91 Å².